The number of anilines is 1. The molecule has 1 saturated heterocycles. The Kier molecular flexibility index (Phi) is 6.47. The Hall–Kier alpha value is -3.77. The van der Waals surface area contributed by atoms with E-state index in [4.69, 9.17) is 5.26 Å². The summed E-state index contributed by atoms with van der Waals surface area (Å²) in [5.41, 5.74) is 4.80. The quantitative estimate of drug-likeness (QED) is 0.566. The Bertz CT molecular complexity index is 1310. The van der Waals surface area contributed by atoms with Crippen molar-refractivity contribution in [3.05, 3.63) is 63.8 Å². The molecule has 2 fully saturated rings. The fraction of sp³-hybridized carbons (Fsp3) is 0.423. The van der Waals surface area contributed by atoms with E-state index in [-0.39, 0.29) is 23.4 Å². The van der Waals surface area contributed by atoms with Crippen LogP contribution in [0, 0.1) is 17.2 Å². The number of amides is 1. The van der Waals surface area contributed by atoms with Crippen LogP contribution in [0.15, 0.2) is 41.5 Å². The molecular weight excluding hydrogens is 442 g/mol. The lowest BCUT2D eigenvalue weighted by atomic mass is 9.81. The van der Waals surface area contributed by atoms with Crippen LogP contribution >= 0.6 is 0 Å². The van der Waals surface area contributed by atoms with Gasteiger partial charge in [-0.15, -0.1) is 0 Å². The van der Waals surface area contributed by atoms with Crippen molar-refractivity contribution >= 4 is 22.6 Å². The Balaban J connectivity index is 1.14. The fourth-order valence-electron chi connectivity index (χ4n) is 4.75. The number of piperazine rings is 1. The molecule has 0 atom stereocenters. The standard InChI is InChI=1S/C26H29N7O2/c1-2-19-12-23-24(31-25(19)34)11-18(14-28-23)16-32-5-7-33(8-6-32)21-3-4-22(29-15-21)26(35)30-20-9-17(10-20)13-27/h3-4,11-12,14-15,17,20H,2,5-10,16H2,1H3,(H,30,35)(H,31,34). The summed E-state index contributed by atoms with van der Waals surface area (Å²) in [5, 5.41) is 11.8. The first kappa shape index (κ1) is 23.0. The summed E-state index contributed by atoms with van der Waals surface area (Å²) in [4.78, 5) is 41.1. The van der Waals surface area contributed by atoms with Gasteiger partial charge in [-0.25, -0.2) is 4.98 Å². The van der Waals surface area contributed by atoms with E-state index in [1.165, 1.54) is 0 Å². The lowest BCUT2D eigenvalue weighted by Gasteiger charge is -2.36. The summed E-state index contributed by atoms with van der Waals surface area (Å²) in [6, 6.07) is 9.91. The summed E-state index contributed by atoms with van der Waals surface area (Å²) < 4.78 is 0. The Labute approximate surface area is 203 Å². The summed E-state index contributed by atoms with van der Waals surface area (Å²) in [5.74, 6) is -0.121. The van der Waals surface area contributed by atoms with Crippen molar-refractivity contribution < 1.29 is 4.79 Å². The highest BCUT2D eigenvalue weighted by atomic mass is 16.2. The average Bonchev–Trinajstić information content (AvgIpc) is 2.86. The normalized spacial score (nSPS) is 20.3. The van der Waals surface area contributed by atoms with Gasteiger partial charge < -0.3 is 15.2 Å². The fourth-order valence-corrected chi connectivity index (χ4v) is 4.75. The molecule has 5 rings (SSSR count). The highest BCUT2D eigenvalue weighted by molar-refractivity contribution is 5.92. The van der Waals surface area contributed by atoms with Gasteiger partial charge in [-0.2, -0.15) is 5.26 Å². The van der Waals surface area contributed by atoms with Gasteiger partial charge in [0.05, 0.1) is 34.9 Å². The summed E-state index contributed by atoms with van der Waals surface area (Å²) in [7, 11) is 0. The highest BCUT2D eigenvalue weighted by Gasteiger charge is 2.30. The monoisotopic (exact) mass is 471 g/mol. The van der Waals surface area contributed by atoms with E-state index in [1.807, 2.05) is 31.3 Å². The van der Waals surface area contributed by atoms with E-state index < -0.39 is 0 Å². The van der Waals surface area contributed by atoms with Gasteiger partial charge >= 0.3 is 0 Å². The molecule has 0 spiro atoms. The molecule has 1 amide bonds. The van der Waals surface area contributed by atoms with Crippen LogP contribution in [0.2, 0.25) is 0 Å². The van der Waals surface area contributed by atoms with Gasteiger partial charge in [0.1, 0.15) is 5.69 Å². The molecule has 3 aromatic heterocycles. The second kappa shape index (κ2) is 9.84. The average molecular weight is 472 g/mol. The van der Waals surface area contributed by atoms with Crippen LogP contribution in [0.5, 0.6) is 0 Å². The van der Waals surface area contributed by atoms with Gasteiger partial charge in [-0.05, 0) is 49.1 Å². The topological polar surface area (TPSA) is 118 Å². The Morgan fingerprint density at radius 3 is 2.66 bits per heavy atom. The van der Waals surface area contributed by atoms with E-state index >= 15 is 0 Å². The molecule has 0 aromatic carbocycles. The number of fused-ring (bicyclic) bond motifs is 1. The van der Waals surface area contributed by atoms with Crippen LogP contribution in [0.25, 0.3) is 11.0 Å². The third-order valence-electron chi connectivity index (χ3n) is 6.99. The van der Waals surface area contributed by atoms with E-state index in [2.05, 4.69) is 36.1 Å². The van der Waals surface area contributed by atoms with Gasteiger partial charge in [0.25, 0.3) is 11.5 Å². The van der Waals surface area contributed by atoms with Crippen LogP contribution < -0.4 is 15.8 Å². The molecule has 180 valence electrons. The lowest BCUT2D eigenvalue weighted by molar-refractivity contribution is 0.0899. The second-order valence-electron chi connectivity index (χ2n) is 9.39. The van der Waals surface area contributed by atoms with Crippen molar-refractivity contribution in [1.82, 2.24) is 25.2 Å². The van der Waals surface area contributed by atoms with E-state index in [0.717, 1.165) is 73.4 Å². The number of H-pyrrole nitrogens is 1. The number of hydrogen-bond donors (Lipinski definition) is 2. The molecule has 0 unspecified atom stereocenters. The number of hydrogen-bond acceptors (Lipinski definition) is 7. The zero-order chi connectivity index (χ0) is 24.4. The molecule has 3 aromatic rings. The van der Waals surface area contributed by atoms with Gasteiger partial charge in [0, 0.05) is 50.5 Å². The molecular formula is C26H29N7O2. The van der Waals surface area contributed by atoms with E-state index in [0.29, 0.717) is 12.1 Å². The minimum absolute atomic E-state index is 0.0413. The molecule has 0 bridgehead atoms. The van der Waals surface area contributed by atoms with Crippen molar-refractivity contribution in [2.45, 2.75) is 38.8 Å². The number of carbonyl (C=O) groups is 1. The first-order valence-corrected chi connectivity index (χ1v) is 12.2. The predicted molar refractivity (Wildman–Crippen MR) is 133 cm³/mol. The minimum atomic E-state index is -0.181. The maximum Gasteiger partial charge on any atom is 0.270 e. The molecule has 1 aliphatic carbocycles. The second-order valence-corrected chi connectivity index (χ2v) is 9.39. The molecule has 1 saturated carbocycles. The molecule has 1 aliphatic heterocycles. The van der Waals surface area contributed by atoms with E-state index in [9.17, 15) is 9.59 Å². The number of nitriles is 1. The molecule has 0 radical (unpaired) electrons. The Morgan fingerprint density at radius 2 is 1.97 bits per heavy atom. The van der Waals surface area contributed by atoms with Crippen molar-refractivity contribution in [1.29, 1.82) is 5.26 Å². The number of nitrogens with zero attached hydrogens (tertiary/aromatic N) is 5. The summed E-state index contributed by atoms with van der Waals surface area (Å²) in [6.07, 6.45) is 5.78. The number of aromatic amines is 1. The zero-order valence-corrected chi connectivity index (χ0v) is 19.8. The number of aromatic nitrogens is 3. The maximum atomic E-state index is 12.4. The van der Waals surface area contributed by atoms with Crippen molar-refractivity contribution in [2.75, 3.05) is 31.1 Å². The minimum Gasteiger partial charge on any atom is -0.368 e. The van der Waals surface area contributed by atoms with Crippen LogP contribution in [0.3, 0.4) is 0 Å². The molecule has 2 aliphatic rings. The molecule has 35 heavy (non-hydrogen) atoms. The van der Waals surface area contributed by atoms with Crippen LogP contribution in [-0.4, -0.2) is 58.0 Å². The number of nitrogens with one attached hydrogen (secondary N) is 2. The maximum absolute atomic E-state index is 12.4. The van der Waals surface area contributed by atoms with Crippen molar-refractivity contribution in [2.24, 2.45) is 5.92 Å². The first-order chi connectivity index (χ1) is 17.0. The largest absolute Gasteiger partial charge is 0.368 e. The summed E-state index contributed by atoms with van der Waals surface area (Å²) in [6.45, 7) is 6.26. The number of carbonyl (C=O) groups excluding carboxylic acids is 1. The van der Waals surface area contributed by atoms with Gasteiger partial charge in [-0.3, -0.25) is 19.5 Å². The van der Waals surface area contributed by atoms with Gasteiger partial charge in [0.15, 0.2) is 0 Å². The van der Waals surface area contributed by atoms with E-state index in [1.54, 1.807) is 12.3 Å². The van der Waals surface area contributed by atoms with Crippen LogP contribution in [0.4, 0.5) is 5.69 Å². The lowest BCUT2D eigenvalue weighted by Crippen LogP contribution is -2.46. The first-order valence-electron chi connectivity index (χ1n) is 12.2. The molecule has 9 nitrogen and oxygen atoms in total. The predicted octanol–water partition coefficient (Wildman–Crippen LogP) is 2.23. The Morgan fingerprint density at radius 1 is 1.17 bits per heavy atom. The zero-order valence-electron chi connectivity index (χ0n) is 19.8. The van der Waals surface area contributed by atoms with Crippen LogP contribution in [-0.2, 0) is 13.0 Å². The highest BCUT2D eigenvalue weighted by Crippen LogP contribution is 2.26. The van der Waals surface area contributed by atoms with Crippen molar-refractivity contribution in [3.8, 4) is 6.07 Å². The third-order valence-corrected chi connectivity index (χ3v) is 6.99. The molecule has 2 N–H and O–H groups in total. The summed E-state index contributed by atoms with van der Waals surface area (Å²) >= 11 is 0. The van der Waals surface area contributed by atoms with Crippen molar-refractivity contribution in [3.63, 3.8) is 0 Å². The van der Waals surface area contributed by atoms with Gasteiger partial charge in [0.2, 0.25) is 0 Å². The number of aryl methyl sites for hydroxylation is 1. The SMILES string of the molecule is CCc1cc2ncc(CN3CCN(c4ccc(C(=O)NC5CC(C#N)C5)nc4)CC3)cc2[nH]c1=O. The third kappa shape index (κ3) is 5.03. The van der Waals surface area contributed by atoms with Crippen LogP contribution in [0.1, 0.15) is 41.4 Å². The molecule has 9 heteroatoms. The smallest absolute Gasteiger partial charge is 0.270 e. The van der Waals surface area contributed by atoms with Gasteiger partial charge in [-0.1, -0.05) is 6.92 Å². The number of rotatable bonds is 6. The molecule has 4 heterocycles. The number of pyridine rings is 3.